The van der Waals surface area contributed by atoms with E-state index in [1.165, 1.54) is 12.1 Å². The van der Waals surface area contributed by atoms with Crippen LogP contribution in [0.4, 0.5) is 4.39 Å². The number of ether oxygens (including phenoxy) is 1. The molecule has 0 saturated carbocycles. The largest absolute Gasteiger partial charge is 0.487 e. The second-order valence-electron chi connectivity index (χ2n) is 4.75. The summed E-state index contributed by atoms with van der Waals surface area (Å²) in [5, 5.41) is 10.6. The summed E-state index contributed by atoms with van der Waals surface area (Å²) in [6.45, 7) is 2.40. The van der Waals surface area contributed by atoms with Gasteiger partial charge in [0.25, 0.3) is 0 Å². The van der Waals surface area contributed by atoms with Crippen LogP contribution in [-0.4, -0.2) is 23.3 Å². The van der Waals surface area contributed by atoms with Crippen LogP contribution in [0.25, 0.3) is 0 Å². The molecule has 1 atom stereocenters. The Hall–Kier alpha value is -1.88. The van der Waals surface area contributed by atoms with Crippen molar-refractivity contribution in [3.63, 3.8) is 0 Å². The smallest absolute Gasteiger partial charge is 0.130 e. The maximum Gasteiger partial charge on any atom is 0.130 e. The second kappa shape index (κ2) is 5.40. The minimum Gasteiger partial charge on any atom is -0.487 e. The summed E-state index contributed by atoms with van der Waals surface area (Å²) in [6.07, 6.45) is 1.12. The van der Waals surface area contributed by atoms with Gasteiger partial charge in [-0.2, -0.15) is 5.10 Å². The van der Waals surface area contributed by atoms with Crippen LogP contribution in [0.1, 0.15) is 23.7 Å². The Kier molecular flexibility index (Phi) is 3.46. The van der Waals surface area contributed by atoms with Gasteiger partial charge < -0.3 is 10.1 Å². The zero-order valence-electron chi connectivity index (χ0n) is 10.5. The number of aromatic nitrogens is 2. The third-order valence-corrected chi connectivity index (χ3v) is 3.32. The predicted octanol–water partition coefficient (Wildman–Crippen LogP) is 2.20. The van der Waals surface area contributed by atoms with E-state index in [-0.39, 0.29) is 5.82 Å². The van der Waals surface area contributed by atoms with E-state index in [2.05, 4.69) is 15.5 Å². The second-order valence-corrected chi connectivity index (χ2v) is 4.75. The SMILES string of the molecule is Fc1cccc(OCc2cc([C@@H]3CCNC3)n[nH]2)c1. The first-order chi connectivity index (χ1) is 9.31. The van der Waals surface area contributed by atoms with Crippen LogP contribution in [0.15, 0.2) is 30.3 Å². The molecule has 0 bridgehead atoms. The van der Waals surface area contributed by atoms with Gasteiger partial charge in [0, 0.05) is 18.5 Å². The van der Waals surface area contributed by atoms with Crippen molar-refractivity contribution in [1.82, 2.24) is 15.5 Å². The average Bonchev–Trinajstić information content (AvgIpc) is 3.07. The van der Waals surface area contributed by atoms with Crippen molar-refractivity contribution in [1.29, 1.82) is 0 Å². The number of hydrogen-bond acceptors (Lipinski definition) is 3. The molecule has 1 saturated heterocycles. The maximum absolute atomic E-state index is 13.0. The molecule has 2 aromatic rings. The highest BCUT2D eigenvalue weighted by Gasteiger charge is 2.19. The van der Waals surface area contributed by atoms with Gasteiger partial charge in [-0.25, -0.2) is 4.39 Å². The lowest BCUT2D eigenvalue weighted by atomic mass is 10.1. The van der Waals surface area contributed by atoms with Crippen LogP contribution in [0.2, 0.25) is 0 Å². The van der Waals surface area contributed by atoms with E-state index in [4.69, 9.17) is 4.74 Å². The Balaban J connectivity index is 1.61. The van der Waals surface area contributed by atoms with Crippen molar-refractivity contribution < 1.29 is 9.13 Å². The number of nitrogens with zero attached hydrogens (tertiary/aromatic N) is 1. The number of rotatable bonds is 4. The van der Waals surface area contributed by atoms with Gasteiger partial charge in [0.2, 0.25) is 0 Å². The lowest BCUT2D eigenvalue weighted by molar-refractivity contribution is 0.299. The predicted molar refractivity (Wildman–Crippen MR) is 69.5 cm³/mol. The molecule has 1 aliphatic rings. The molecular weight excluding hydrogens is 245 g/mol. The van der Waals surface area contributed by atoms with Crippen LogP contribution in [0.5, 0.6) is 5.75 Å². The molecule has 5 heteroatoms. The Bertz CT molecular complexity index is 549. The molecule has 2 N–H and O–H groups in total. The lowest BCUT2D eigenvalue weighted by Gasteiger charge is -2.04. The van der Waals surface area contributed by atoms with Crippen molar-refractivity contribution in [3.8, 4) is 5.75 Å². The maximum atomic E-state index is 13.0. The summed E-state index contributed by atoms with van der Waals surface area (Å²) in [5.74, 6) is 0.720. The number of halogens is 1. The van der Waals surface area contributed by atoms with Crippen molar-refractivity contribution in [2.75, 3.05) is 13.1 Å². The van der Waals surface area contributed by atoms with Crippen molar-refractivity contribution >= 4 is 0 Å². The molecule has 1 aliphatic heterocycles. The molecule has 100 valence electrons. The van der Waals surface area contributed by atoms with E-state index in [9.17, 15) is 4.39 Å². The van der Waals surface area contributed by atoms with E-state index < -0.39 is 0 Å². The summed E-state index contributed by atoms with van der Waals surface area (Å²) in [5.41, 5.74) is 1.98. The zero-order chi connectivity index (χ0) is 13.1. The summed E-state index contributed by atoms with van der Waals surface area (Å²) in [4.78, 5) is 0. The number of benzene rings is 1. The third kappa shape index (κ3) is 2.93. The molecule has 0 unspecified atom stereocenters. The van der Waals surface area contributed by atoms with Crippen molar-refractivity contribution in [3.05, 3.63) is 47.5 Å². The van der Waals surface area contributed by atoms with Crippen molar-refractivity contribution in [2.24, 2.45) is 0 Å². The summed E-state index contributed by atoms with van der Waals surface area (Å²) in [7, 11) is 0. The third-order valence-electron chi connectivity index (χ3n) is 3.32. The standard InChI is InChI=1S/C14H16FN3O/c15-11-2-1-3-13(6-11)19-9-12-7-14(18-17-12)10-4-5-16-8-10/h1-3,6-7,10,16H,4-5,8-9H2,(H,17,18)/t10-/m1/s1. The van der Waals surface area contributed by atoms with Gasteiger partial charge in [0.05, 0.1) is 11.4 Å². The first-order valence-electron chi connectivity index (χ1n) is 6.44. The molecule has 19 heavy (non-hydrogen) atoms. The number of aromatic amines is 1. The van der Waals surface area contributed by atoms with Gasteiger partial charge in [-0.15, -0.1) is 0 Å². The van der Waals surface area contributed by atoms with Crippen LogP contribution in [0, 0.1) is 5.82 Å². The highest BCUT2D eigenvalue weighted by molar-refractivity contribution is 5.23. The van der Waals surface area contributed by atoms with Gasteiger partial charge >= 0.3 is 0 Å². The van der Waals surface area contributed by atoms with Crippen LogP contribution in [-0.2, 0) is 6.61 Å². The topological polar surface area (TPSA) is 49.9 Å². The zero-order valence-corrected chi connectivity index (χ0v) is 10.5. The van der Waals surface area contributed by atoms with E-state index in [1.54, 1.807) is 12.1 Å². The minimum absolute atomic E-state index is 0.292. The van der Waals surface area contributed by atoms with Gasteiger partial charge in [-0.05, 0) is 31.2 Å². The first kappa shape index (κ1) is 12.2. The highest BCUT2D eigenvalue weighted by atomic mass is 19.1. The van der Waals surface area contributed by atoms with Crippen molar-refractivity contribution in [2.45, 2.75) is 18.9 Å². The van der Waals surface area contributed by atoms with Gasteiger partial charge in [0.1, 0.15) is 18.2 Å². The molecule has 0 amide bonds. The molecule has 0 spiro atoms. The molecule has 3 rings (SSSR count). The fourth-order valence-corrected chi connectivity index (χ4v) is 2.29. The Morgan fingerprint density at radius 1 is 1.37 bits per heavy atom. The molecule has 0 aliphatic carbocycles. The van der Waals surface area contributed by atoms with Crippen LogP contribution >= 0.6 is 0 Å². The number of hydrogen-bond donors (Lipinski definition) is 2. The number of H-pyrrole nitrogens is 1. The monoisotopic (exact) mass is 261 g/mol. The Labute approximate surface area is 111 Å². The summed E-state index contributed by atoms with van der Waals surface area (Å²) in [6, 6.07) is 8.16. The van der Waals surface area contributed by atoms with E-state index in [0.717, 1.165) is 30.9 Å². The fraction of sp³-hybridized carbons (Fsp3) is 0.357. The molecular formula is C14H16FN3O. The lowest BCUT2D eigenvalue weighted by Crippen LogP contribution is -2.08. The highest BCUT2D eigenvalue weighted by Crippen LogP contribution is 2.21. The molecule has 4 nitrogen and oxygen atoms in total. The Morgan fingerprint density at radius 3 is 3.11 bits per heavy atom. The molecule has 1 fully saturated rings. The van der Waals surface area contributed by atoms with E-state index in [1.807, 2.05) is 6.07 Å². The number of nitrogens with one attached hydrogen (secondary N) is 2. The summed E-state index contributed by atoms with van der Waals surface area (Å²) >= 11 is 0. The van der Waals surface area contributed by atoms with Gasteiger partial charge in [-0.3, -0.25) is 5.10 Å². The first-order valence-corrected chi connectivity index (χ1v) is 6.44. The molecule has 0 radical (unpaired) electrons. The normalized spacial score (nSPS) is 18.7. The molecule has 1 aromatic carbocycles. The minimum atomic E-state index is -0.292. The molecule has 1 aromatic heterocycles. The molecule has 2 heterocycles. The van der Waals surface area contributed by atoms with E-state index in [0.29, 0.717) is 18.3 Å². The van der Waals surface area contributed by atoms with E-state index >= 15 is 0 Å². The van der Waals surface area contributed by atoms with Crippen LogP contribution in [0.3, 0.4) is 0 Å². The van der Waals surface area contributed by atoms with Gasteiger partial charge in [0.15, 0.2) is 0 Å². The Morgan fingerprint density at radius 2 is 2.32 bits per heavy atom. The summed E-state index contributed by atoms with van der Waals surface area (Å²) < 4.78 is 18.5. The quantitative estimate of drug-likeness (QED) is 0.887. The van der Waals surface area contributed by atoms with Gasteiger partial charge in [-0.1, -0.05) is 6.07 Å². The fourth-order valence-electron chi connectivity index (χ4n) is 2.29. The van der Waals surface area contributed by atoms with Crippen LogP contribution < -0.4 is 10.1 Å². The average molecular weight is 261 g/mol.